The van der Waals surface area contributed by atoms with Gasteiger partial charge in [0.1, 0.15) is 0 Å². The largest absolute Gasteiger partial charge is 0.503 e. The van der Waals surface area contributed by atoms with E-state index in [0.717, 1.165) is 0 Å². The van der Waals surface area contributed by atoms with Gasteiger partial charge >= 0.3 is 6.16 Å². The van der Waals surface area contributed by atoms with E-state index < -0.39 is 14.2 Å². The molecule has 6 nitrogen and oxygen atoms in total. The van der Waals surface area contributed by atoms with Gasteiger partial charge in [0.25, 0.3) is 0 Å². The number of carbonyl (C=O) groups is 1. The lowest BCUT2D eigenvalue weighted by Crippen LogP contribution is -2.15. The molecule has 0 atom stereocenters. The van der Waals surface area contributed by atoms with Crippen LogP contribution in [0.4, 0.5) is 4.79 Å². The van der Waals surface area contributed by atoms with Crippen LogP contribution in [0.25, 0.3) is 0 Å². The predicted octanol–water partition coefficient (Wildman–Crippen LogP) is 1.93. The van der Waals surface area contributed by atoms with E-state index in [2.05, 4.69) is 5.69 Å². The average Bonchev–Trinajstić information content (AvgIpc) is 1.63. The van der Waals surface area contributed by atoms with Crippen LogP contribution in [-0.2, 0) is 0 Å². The predicted molar refractivity (Wildman–Crippen MR) is 49.7 cm³/mol. The Hall–Kier alpha value is -1.10. The topological polar surface area (TPSA) is 151 Å². The number of hydrogen-bond donors (Lipinski definition) is 4. The van der Waals surface area contributed by atoms with Crippen molar-refractivity contribution in [1.29, 1.82) is 5.26 Å². The maximum absolute atomic E-state index is 8.56. The fraction of sp³-hybridized carbons (Fsp3) is 0.600. The molecular weight excluding hydrogens is 178 g/mol. The van der Waals surface area contributed by atoms with Gasteiger partial charge in [-0.2, -0.15) is 0 Å². The molecule has 0 saturated heterocycles. The summed E-state index contributed by atoms with van der Waals surface area (Å²) in [7, 11) is -1.33. The first-order chi connectivity index (χ1) is 4.29. The smallest absolute Gasteiger partial charge is 0.450 e. The molecule has 0 aliphatic heterocycles. The van der Waals surface area contributed by atoms with Crippen LogP contribution in [-0.4, -0.2) is 24.4 Å². The van der Waals surface area contributed by atoms with Crippen molar-refractivity contribution in [2.75, 3.05) is 0 Å². The third-order valence-electron chi connectivity index (χ3n) is 0.335. The molecule has 0 amide bonds. The third kappa shape index (κ3) is 154. The van der Waals surface area contributed by atoms with Gasteiger partial charge in [-0.3, -0.25) is 0 Å². The van der Waals surface area contributed by atoms with Crippen LogP contribution in [0.5, 0.6) is 0 Å². The van der Waals surface area contributed by atoms with E-state index in [1.54, 1.807) is 0 Å². The Labute approximate surface area is 73.0 Å². The standard InChI is InChI=1S/C4H9NSi.CH2O3.2H3N/c1-6(2,3)4-5;2-1(3)4;;/h1-3H3;(H2,2,3,4);2*1H3. The molecule has 0 fully saturated rings. The van der Waals surface area contributed by atoms with Crippen molar-refractivity contribution in [3.63, 3.8) is 0 Å². The first-order valence-electron chi connectivity index (χ1n) is 2.62. The van der Waals surface area contributed by atoms with E-state index in [1.807, 2.05) is 19.6 Å². The highest BCUT2D eigenvalue weighted by Gasteiger charge is 2.09. The minimum absolute atomic E-state index is 0. The highest BCUT2D eigenvalue weighted by Crippen LogP contribution is 1.94. The molecule has 74 valence electrons. The summed E-state index contributed by atoms with van der Waals surface area (Å²) in [6.07, 6.45) is -1.83. The minimum atomic E-state index is -1.83. The Morgan fingerprint density at radius 3 is 1.33 bits per heavy atom. The second-order valence-electron chi connectivity index (χ2n) is 2.64. The Morgan fingerprint density at radius 1 is 1.25 bits per heavy atom. The van der Waals surface area contributed by atoms with Gasteiger partial charge in [0.05, 0.1) is 0 Å². The molecule has 8 N–H and O–H groups in total. The summed E-state index contributed by atoms with van der Waals surface area (Å²) in [4.78, 5) is 8.56. The van der Waals surface area contributed by atoms with Crippen molar-refractivity contribution in [3.8, 4) is 5.69 Å². The van der Waals surface area contributed by atoms with Crippen molar-refractivity contribution in [2.45, 2.75) is 19.6 Å². The molecule has 0 saturated carbocycles. The monoisotopic (exact) mass is 195 g/mol. The van der Waals surface area contributed by atoms with Crippen LogP contribution in [0.3, 0.4) is 0 Å². The van der Waals surface area contributed by atoms with E-state index in [4.69, 9.17) is 20.3 Å². The van der Waals surface area contributed by atoms with Crippen LogP contribution in [0, 0.1) is 11.0 Å². The van der Waals surface area contributed by atoms with Crippen molar-refractivity contribution in [2.24, 2.45) is 0 Å². The molecule has 0 unspecified atom stereocenters. The number of hydrogen-bond acceptors (Lipinski definition) is 4. The molecule has 0 aliphatic rings. The minimum Gasteiger partial charge on any atom is -0.450 e. The molecule has 12 heavy (non-hydrogen) atoms. The Kier molecular flexibility index (Phi) is 18.5. The van der Waals surface area contributed by atoms with Gasteiger partial charge in [-0.1, -0.05) is 19.6 Å². The average molecular weight is 195 g/mol. The lowest BCUT2D eigenvalue weighted by Gasteiger charge is -1.96. The van der Waals surface area contributed by atoms with Crippen LogP contribution < -0.4 is 12.3 Å². The Bertz CT molecular complexity index is 145. The van der Waals surface area contributed by atoms with Gasteiger partial charge in [0.15, 0.2) is 8.07 Å². The second kappa shape index (κ2) is 9.90. The summed E-state index contributed by atoms with van der Waals surface area (Å²) < 4.78 is 0. The summed E-state index contributed by atoms with van der Waals surface area (Å²) in [5, 5.41) is 22.2. The summed E-state index contributed by atoms with van der Waals surface area (Å²) in [5.74, 6) is 0. The number of carboxylic acid groups (broad SMARTS) is 2. The first kappa shape index (κ1) is 22.4. The van der Waals surface area contributed by atoms with Gasteiger partial charge in [-0.15, -0.1) is 0 Å². The lowest BCUT2D eigenvalue weighted by molar-refractivity contribution is 0.137. The molecule has 0 aliphatic carbocycles. The van der Waals surface area contributed by atoms with E-state index in [-0.39, 0.29) is 12.3 Å². The molecular formula is C5H17N3O3Si. The van der Waals surface area contributed by atoms with E-state index >= 15 is 0 Å². The third-order valence-corrected chi connectivity index (χ3v) is 1.01. The van der Waals surface area contributed by atoms with Crippen molar-refractivity contribution in [3.05, 3.63) is 0 Å². The van der Waals surface area contributed by atoms with Crippen LogP contribution >= 0.6 is 0 Å². The van der Waals surface area contributed by atoms with Gasteiger partial charge < -0.3 is 22.5 Å². The zero-order chi connectivity index (χ0) is 8.78. The Balaban J connectivity index is -0.0000000483. The second-order valence-corrected chi connectivity index (χ2v) is 7.37. The van der Waals surface area contributed by atoms with Gasteiger partial charge in [0, 0.05) is 5.69 Å². The summed E-state index contributed by atoms with van der Waals surface area (Å²) in [6.45, 7) is 6.06. The highest BCUT2D eigenvalue weighted by atomic mass is 28.3. The van der Waals surface area contributed by atoms with E-state index in [1.165, 1.54) is 0 Å². The molecule has 0 spiro atoms. The van der Waals surface area contributed by atoms with E-state index in [0.29, 0.717) is 0 Å². The fourth-order valence-corrected chi connectivity index (χ4v) is 0. The van der Waals surface area contributed by atoms with E-state index in [9.17, 15) is 0 Å². The molecule has 0 heterocycles. The normalized spacial score (nSPS) is 7.17. The zero-order valence-electron chi connectivity index (χ0n) is 7.66. The molecule has 0 aromatic heterocycles. The quantitative estimate of drug-likeness (QED) is 0.433. The molecule has 0 rings (SSSR count). The van der Waals surface area contributed by atoms with Crippen LogP contribution in [0.15, 0.2) is 0 Å². The molecule has 0 radical (unpaired) electrons. The summed E-state index contributed by atoms with van der Waals surface area (Å²) >= 11 is 0. The van der Waals surface area contributed by atoms with Crippen molar-refractivity contribution >= 4 is 14.2 Å². The Morgan fingerprint density at radius 2 is 1.33 bits per heavy atom. The maximum atomic E-state index is 8.56. The molecule has 7 heteroatoms. The maximum Gasteiger partial charge on any atom is 0.503 e. The van der Waals surface area contributed by atoms with Crippen LogP contribution in [0.1, 0.15) is 0 Å². The number of rotatable bonds is 0. The highest BCUT2D eigenvalue weighted by molar-refractivity contribution is 6.83. The number of nitriles is 1. The van der Waals surface area contributed by atoms with Crippen LogP contribution in [0.2, 0.25) is 19.6 Å². The van der Waals surface area contributed by atoms with Gasteiger partial charge in [-0.05, 0) is 0 Å². The number of nitrogens with zero attached hydrogens (tertiary/aromatic N) is 1. The lowest BCUT2D eigenvalue weighted by atomic mass is 11.5. The van der Waals surface area contributed by atoms with Crippen molar-refractivity contribution in [1.82, 2.24) is 12.3 Å². The van der Waals surface area contributed by atoms with Gasteiger partial charge in [0.2, 0.25) is 0 Å². The van der Waals surface area contributed by atoms with Crippen molar-refractivity contribution < 1.29 is 15.0 Å². The van der Waals surface area contributed by atoms with Gasteiger partial charge in [-0.25, -0.2) is 10.1 Å². The SMILES string of the molecule is C[Si](C)(C)C#N.N.N.O=C(O)O. The summed E-state index contributed by atoms with van der Waals surface area (Å²) in [6, 6.07) is 0. The molecule has 0 bridgehead atoms. The zero-order valence-corrected chi connectivity index (χ0v) is 8.66. The first-order valence-corrected chi connectivity index (χ1v) is 6.12. The summed E-state index contributed by atoms with van der Waals surface area (Å²) in [5.41, 5.74) is 2.24. The molecule has 0 aromatic rings. The fourth-order valence-electron chi connectivity index (χ4n) is 0. The molecule has 0 aromatic carbocycles.